The highest BCUT2D eigenvalue weighted by molar-refractivity contribution is 5.91. The molecule has 8 heteroatoms. The molecule has 0 spiro atoms. The number of ether oxygens (including phenoxy) is 1. The van der Waals surface area contributed by atoms with E-state index in [-0.39, 0.29) is 17.9 Å². The Morgan fingerprint density at radius 1 is 1.27 bits per heavy atom. The summed E-state index contributed by atoms with van der Waals surface area (Å²) in [5.74, 6) is 0.779. The van der Waals surface area contributed by atoms with Crippen molar-refractivity contribution in [3.8, 4) is 11.4 Å². The number of anilines is 1. The molecule has 3 rings (SSSR count). The van der Waals surface area contributed by atoms with E-state index >= 15 is 0 Å². The summed E-state index contributed by atoms with van der Waals surface area (Å²) in [6.07, 6.45) is 1.50. The van der Waals surface area contributed by atoms with Crippen LogP contribution in [0.2, 0.25) is 0 Å². The number of H-pyrrole nitrogens is 1. The van der Waals surface area contributed by atoms with Crippen LogP contribution in [0.5, 0.6) is 0 Å². The summed E-state index contributed by atoms with van der Waals surface area (Å²) in [5.41, 5.74) is 1.12. The lowest BCUT2D eigenvalue weighted by atomic mass is 9.96. The molecule has 2 aromatic rings. The van der Waals surface area contributed by atoms with E-state index in [0.29, 0.717) is 25.3 Å². The molecule has 0 aliphatic carbocycles. The number of nitrogens with zero attached hydrogens (tertiary/aromatic N) is 3. The van der Waals surface area contributed by atoms with Crippen molar-refractivity contribution in [1.29, 1.82) is 0 Å². The van der Waals surface area contributed by atoms with E-state index in [4.69, 9.17) is 4.74 Å². The molecule has 1 saturated heterocycles. The molecule has 2 amide bonds. The molecule has 2 N–H and O–H groups in total. The molecular weight excluding hydrogens is 334 g/mol. The molecule has 1 aliphatic rings. The molecule has 0 atom stereocenters. The van der Waals surface area contributed by atoms with Gasteiger partial charge < -0.3 is 15.0 Å². The van der Waals surface area contributed by atoms with Crippen LogP contribution in [0.15, 0.2) is 30.6 Å². The molecule has 2 heterocycles. The number of nitrogens with one attached hydrogen (secondary N) is 2. The van der Waals surface area contributed by atoms with Crippen molar-refractivity contribution in [2.24, 2.45) is 5.92 Å². The highest BCUT2D eigenvalue weighted by Crippen LogP contribution is 2.23. The molecule has 1 aromatic heterocycles. The van der Waals surface area contributed by atoms with Gasteiger partial charge in [-0.1, -0.05) is 0 Å². The van der Waals surface area contributed by atoms with Gasteiger partial charge in [0, 0.05) is 36.7 Å². The van der Waals surface area contributed by atoms with Gasteiger partial charge in [0.1, 0.15) is 11.9 Å². The largest absolute Gasteiger partial charge is 0.444 e. The highest BCUT2D eigenvalue weighted by Gasteiger charge is 2.34. The third kappa shape index (κ3) is 4.59. The Kier molecular flexibility index (Phi) is 4.92. The fourth-order valence-corrected chi connectivity index (χ4v) is 2.70. The second-order valence-corrected chi connectivity index (χ2v) is 7.42. The van der Waals surface area contributed by atoms with Gasteiger partial charge in [0.05, 0.1) is 0 Å². The van der Waals surface area contributed by atoms with Gasteiger partial charge in [-0.25, -0.2) is 9.78 Å². The molecule has 1 aromatic carbocycles. The summed E-state index contributed by atoms with van der Waals surface area (Å²) < 4.78 is 5.31. The molecule has 1 fully saturated rings. The van der Waals surface area contributed by atoms with Gasteiger partial charge in [-0.3, -0.25) is 9.89 Å². The predicted molar refractivity (Wildman–Crippen MR) is 96.4 cm³/mol. The third-order valence-electron chi connectivity index (χ3n) is 3.94. The van der Waals surface area contributed by atoms with E-state index in [1.807, 2.05) is 45.0 Å². The number of aromatic nitrogens is 3. The Bertz CT molecular complexity index is 759. The zero-order valence-electron chi connectivity index (χ0n) is 15.2. The predicted octanol–water partition coefficient (Wildman–Crippen LogP) is 2.67. The van der Waals surface area contributed by atoms with Crippen molar-refractivity contribution in [3.05, 3.63) is 30.6 Å². The lowest BCUT2D eigenvalue weighted by Crippen LogP contribution is -2.52. The Labute approximate surface area is 151 Å². The van der Waals surface area contributed by atoms with Crippen molar-refractivity contribution < 1.29 is 14.3 Å². The molecule has 1 aliphatic heterocycles. The maximum absolute atomic E-state index is 12.2. The van der Waals surface area contributed by atoms with Gasteiger partial charge in [0.2, 0.25) is 5.91 Å². The van der Waals surface area contributed by atoms with Crippen LogP contribution in [0.25, 0.3) is 11.4 Å². The van der Waals surface area contributed by atoms with Crippen molar-refractivity contribution in [2.45, 2.75) is 32.8 Å². The number of carbonyl (C=O) groups is 2. The second kappa shape index (κ2) is 7.15. The molecule has 0 radical (unpaired) electrons. The average Bonchev–Trinajstić information content (AvgIpc) is 3.03. The standard InChI is InChI=1S/C18H23N5O3/c1-18(2,3)26-17(25)23-9-12(10-23)8-15(24)21-14-6-4-13(5-7-14)16-19-11-20-22-16/h4-7,11-12H,8-10H2,1-3H3,(H,21,24)(H,19,20,22). The number of hydrogen-bond acceptors (Lipinski definition) is 5. The fraction of sp³-hybridized carbons (Fsp3) is 0.444. The van der Waals surface area contributed by atoms with E-state index in [1.165, 1.54) is 6.33 Å². The maximum Gasteiger partial charge on any atom is 0.410 e. The SMILES string of the molecule is CC(C)(C)OC(=O)N1CC(CC(=O)Nc2ccc(-c3ncn[nH]3)cc2)C1. The third-order valence-corrected chi connectivity index (χ3v) is 3.94. The number of likely N-dealkylation sites (tertiary alicyclic amines) is 1. The quantitative estimate of drug-likeness (QED) is 0.876. The minimum absolute atomic E-state index is 0.0637. The molecule has 0 unspecified atom stereocenters. The molecule has 138 valence electrons. The Hall–Kier alpha value is -2.90. The van der Waals surface area contributed by atoms with Crippen LogP contribution in [0.4, 0.5) is 10.5 Å². The number of carbonyl (C=O) groups excluding carboxylic acids is 2. The summed E-state index contributed by atoms with van der Waals surface area (Å²) in [6, 6.07) is 7.38. The first kappa shape index (κ1) is 17.9. The van der Waals surface area contributed by atoms with E-state index in [0.717, 1.165) is 11.3 Å². The summed E-state index contributed by atoms with van der Waals surface area (Å²) in [4.78, 5) is 29.7. The maximum atomic E-state index is 12.2. The van der Waals surface area contributed by atoms with Crippen molar-refractivity contribution in [2.75, 3.05) is 18.4 Å². The minimum atomic E-state index is -0.503. The second-order valence-electron chi connectivity index (χ2n) is 7.42. The zero-order valence-corrected chi connectivity index (χ0v) is 15.2. The van der Waals surface area contributed by atoms with Gasteiger partial charge in [0.25, 0.3) is 0 Å². The van der Waals surface area contributed by atoms with Crippen LogP contribution in [-0.2, 0) is 9.53 Å². The summed E-state index contributed by atoms with van der Waals surface area (Å²) in [6.45, 7) is 6.61. The van der Waals surface area contributed by atoms with Crippen LogP contribution >= 0.6 is 0 Å². The minimum Gasteiger partial charge on any atom is -0.444 e. The smallest absolute Gasteiger partial charge is 0.410 e. The normalized spacial score (nSPS) is 14.7. The summed E-state index contributed by atoms with van der Waals surface area (Å²) in [7, 11) is 0. The highest BCUT2D eigenvalue weighted by atomic mass is 16.6. The van der Waals surface area contributed by atoms with E-state index in [9.17, 15) is 9.59 Å². The molecular formula is C18H23N5O3. The monoisotopic (exact) mass is 357 g/mol. The lowest BCUT2D eigenvalue weighted by molar-refractivity contribution is -0.118. The number of hydrogen-bond donors (Lipinski definition) is 2. The lowest BCUT2D eigenvalue weighted by Gasteiger charge is -2.39. The van der Waals surface area contributed by atoms with Crippen LogP contribution < -0.4 is 5.32 Å². The fourth-order valence-electron chi connectivity index (χ4n) is 2.70. The number of benzene rings is 1. The number of amides is 2. The van der Waals surface area contributed by atoms with Gasteiger partial charge in [-0.05, 0) is 45.0 Å². The number of rotatable bonds is 4. The van der Waals surface area contributed by atoms with Gasteiger partial charge in [-0.2, -0.15) is 5.10 Å². The topological polar surface area (TPSA) is 100 Å². The molecule has 0 saturated carbocycles. The van der Waals surface area contributed by atoms with Gasteiger partial charge >= 0.3 is 6.09 Å². The first-order valence-electron chi connectivity index (χ1n) is 8.54. The first-order valence-corrected chi connectivity index (χ1v) is 8.54. The molecule has 8 nitrogen and oxygen atoms in total. The number of aromatic amines is 1. The van der Waals surface area contributed by atoms with E-state index < -0.39 is 5.60 Å². The van der Waals surface area contributed by atoms with Gasteiger partial charge in [-0.15, -0.1) is 0 Å². The van der Waals surface area contributed by atoms with Crippen molar-refractivity contribution in [3.63, 3.8) is 0 Å². The summed E-state index contributed by atoms with van der Waals surface area (Å²) >= 11 is 0. The Balaban J connectivity index is 1.43. The van der Waals surface area contributed by atoms with Crippen molar-refractivity contribution in [1.82, 2.24) is 20.1 Å². The first-order chi connectivity index (χ1) is 12.3. The van der Waals surface area contributed by atoms with Crippen LogP contribution in [0.1, 0.15) is 27.2 Å². The van der Waals surface area contributed by atoms with Crippen molar-refractivity contribution >= 4 is 17.7 Å². The van der Waals surface area contributed by atoms with Gasteiger partial charge in [0.15, 0.2) is 5.82 Å². The van der Waals surface area contributed by atoms with Crippen LogP contribution in [-0.4, -0.2) is 50.8 Å². The summed E-state index contributed by atoms with van der Waals surface area (Å²) in [5, 5.41) is 9.48. The van der Waals surface area contributed by atoms with Crippen LogP contribution in [0, 0.1) is 5.92 Å². The molecule has 26 heavy (non-hydrogen) atoms. The van der Waals surface area contributed by atoms with Crippen LogP contribution in [0.3, 0.4) is 0 Å². The average molecular weight is 357 g/mol. The Morgan fingerprint density at radius 2 is 1.96 bits per heavy atom. The molecule has 0 bridgehead atoms. The zero-order chi connectivity index (χ0) is 18.7. The van der Waals surface area contributed by atoms with E-state index in [2.05, 4.69) is 20.5 Å². The Morgan fingerprint density at radius 3 is 2.54 bits per heavy atom. The van der Waals surface area contributed by atoms with E-state index in [1.54, 1.807) is 4.90 Å².